The monoisotopic (exact) mass is 421 g/mol. The predicted octanol–water partition coefficient (Wildman–Crippen LogP) is 3.69. The molecule has 146 valence electrons. The molecule has 4 heterocycles. The van der Waals surface area contributed by atoms with Crippen LogP contribution in [0.3, 0.4) is 0 Å². The lowest BCUT2D eigenvalue weighted by Crippen LogP contribution is -2.59. The van der Waals surface area contributed by atoms with E-state index in [0.29, 0.717) is 6.54 Å². The van der Waals surface area contributed by atoms with Crippen molar-refractivity contribution in [3.05, 3.63) is 53.7 Å². The van der Waals surface area contributed by atoms with Crippen molar-refractivity contribution in [1.82, 2.24) is 14.4 Å². The number of hydrogen-bond donors (Lipinski definition) is 0. The van der Waals surface area contributed by atoms with Crippen LogP contribution in [0.1, 0.15) is 11.3 Å². The van der Waals surface area contributed by atoms with Gasteiger partial charge in [-0.2, -0.15) is 0 Å². The van der Waals surface area contributed by atoms with E-state index in [-0.39, 0.29) is 12.8 Å². The Morgan fingerprint density at radius 1 is 1.00 bits per heavy atom. The molecule has 1 atom stereocenters. The fourth-order valence-corrected chi connectivity index (χ4v) is 5.42. The van der Waals surface area contributed by atoms with Crippen LogP contribution < -0.4 is 9.47 Å². The maximum atomic E-state index is 5.77. The summed E-state index contributed by atoms with van der Waals surface area (Å²) in [6.07, 6.45) is 0.872. The molecule has 0 radical (unpaired) electrons. The number of aromatic nitrogens is 1. The Morgan fingerprint density at radius 2 is 1.83 bits per heavy atom. The maximum absolute atomic E-state index is 5.77. The van der Waals surface area contributed by atoms with Gasteiger partial charge in [-0.1, -0.05) is 42.6 Å². The summed E-state index contributed by atoms with van der Waals surface area (Å²) in [6.45, 7) is 1.75. The largest absolute Gasteiger partial charge is 0.454 e. The first-order chi connectivity index (χ1) is 14.1. The number of piperazine rings is 1. The van der Waals surface area contributed by atoms with E-state index in [0.717, 1.165) is 40.1 Å². The molecule has 1 aromatic heterocycles. The van der Waals surface area contributed by atoms with Gasteiger partial charge < -0.3 is 23.8 Å². The summed E-state index contributed by atoms with van der Waals surface area (Å²) < 4.78 is 13.5. The molecule has 3 aliphatic rings. The third-order valence-corrected chi connectivity index (χ3v) is 7.10. The molecular formula is C22H19N3O2S2. The number of likely N-dealkylation sites (N-methyl/N-ethyl adjacent to an activating group) is 1. The molecule has 6 rings (SSSR count). The standard InChI is InChI=1S/C22H19N3O2S2/c1-23-11-21(28)24-10-18-15(9-17(24)22(23)29)14-4-2-3-5-16(14)25(18)13-6-7-19-20(8-13)27-12-26-19/h2-8,17H,9-12H2,1H3/t17-/m1/s1. The van der Waals surface area contributed by atoms with E-state index < -0.39 is 0 Å². The molecule has 0 spiro atoms. The van der Waals surface area contributed by atoms with E-state index in [1.54, 1.807) is 0 Å². The molecule has 0 amide bonds. The Kier molecular flexibility index (Phi) is 3.67. The first-order valence-corrected chi connectivity index (χ1v) is 10.5. The van der Waals surface area contributed by atoms with Crippen molar-refractivity contribution in [2.45, 2.75) is 19.0 Å². The van der Waals surface area contributed by atoms with Gasteiger partial charge in [0.1, 0.15) is 4.99 Å². The van der Waals surface area contributed by atoms with Gasteiger partial charge in [0.2, 0.25) is 6.79 Å². The summed E-state index contributed by atoms with van der Waals surface area (Å²) in [4.78, 5) is 6.35. The number of ether oxygens (including phenoxy) is 2. The minimum Gasteiger partial charge on any atom is -0.454 e. The molecule has 3 aliphatic heterocycles. The highest BCUT2D eigenvalue weighted by Gasteiger charge is 2.39. The van der Waals surface area contributed by atoms with Crippen LogP contribution in [0.2, 0.25) is 0 Å². The van der Waals surface area contributed by atoms with Gasteiger partial charge in [0, 0.05) is 36.3 Å². The van der Waals surface area contributed by atoms with Gasteiger partial charge in [-0.25, -0.2) is 0 Å². The second-order valence-corrected chi connectivity index (χ2v) is 8.64. The smallest absolute Gasteiger partial charge is 0.231 e. The minimum atomic E-state index is 0.153. The first-order valence-electron chi connectivity index (χ1n) is 9.67. The second kappa shape index (κ2) is 6.18. The fourth-order valence-electron chi connectivity index (χ4n) is 4.76. The van der Waals surface area contributed by atoms with Crippen molar-refractivity contribution in [2.24, 2.45) is 0 Å². The molecule has 0 saturated carbocycles. The molecule has 3 aromatic rings. The maximum Gasteiger partial charge on any atom is 0.231 e. The molecule has 5 nitrogen and oxygen atoms in total. The zero-order valence-electron chi connectivity index (χ0n) is 15.9. The lowest BCUT2D eigenvalue weighted by Gasteiger charge is -2.45. The van der Waals surface area contributed by atoms with Crippen LogP contribution in [0.5, 0.6) is 11.5 Å². The summed E-state index contributed by atoms with van der Waals surface area (Å²) in [6, 6.07) is 14.9. The van der Waals surface area contributed by atoms with E-state index in [1.165, 1.54) is 22.2 Å². The van der Waals surface area contributed by atoms with Gasteiger partial charge in [-0.05, 0) is 23.8 Å². The molecule has 2 aromatic carbocycles. The Morgan fingerprint density at radius 3 is 2.72 bits per heavy atom. The van der Waals surface area contributed by atoms with Gasteiger partial charge in [-0.3, -0.25) is 0 Å². The Balaban J connectivity index is 1.57. The molecule has 0 aliphatic carbocycles. The van der Waals surface area contributed by atoms with Crippen molar-refractivity contribution < 1.29 is 9.47 Å². The summed E-state index contributed by atoms with van der Waals surface area (Å²) >= 11 is 11.5. The molecule has 1 saturated heterocycles. The number of thiocarbonyl (C=S) groups is 2. The highest BCUT2D eigenvalue weighted by Crippen LogP contribution is 2.40. The van der Waals surface area contributed by atoms with Crippen LogP contribution in [-0.4, -0.2) is 50.8 Å². The van der Waals surface area contributed by atoms with Crippen LogP contribution >= 0.6 is 24.4 Å². The van der Waals surface area contributed by atoms with Crippen LogP contribution in [0, 0.1) is 0 Å². The summed E-state index contributed by atoms with van der Waals surface area (Å²) in [7, 11) is 2.04. The fraction of sp³-hybridized carbons (Fsp3) is 0.273. The van der Waals surface area contributed by atoms with Gasteiger partial charge in [-0.15, -0.1) is 0 Å². The Hall–Kier alpha value is -2.64. The number of benzene rings is 2. The zero-order chi connectivity index (χ0) is 19.7. The molecule has 0 N–H and O–H groups in total. The molecule has 7 heteroatoms. The number of para-hydroxylation sites is 1. The third-order valence-electron chi connectivity index (χ3n) is 6.15. The van der Waals surface area contributed by atoms with Crippen molar-refractivity contribution in [3.8, 4) is 17.2 Å². The van der Waals surface area contributed by atoms with E-state index in [1.807, 2.05) is 13.1 Å². The summed E-state index contributed by atoms with van der Waals surface area (Å²) in [5, 5.41) is 1.28. The van der Waals surface area contributed by atoms with Crippen molar-refractivity contribution >= 4 is 45.3 Å². The van der Waals surface area contributed by atoms with Crippen molar-refractivity contribution in [1.29, 1.82) is 0 Å². The second-order valence-electron chi connectivity index (χ2n) is 7.75. The molecule has 1 fully saturated rings. The SMILES string of the molecule is CN1CC(=S)N2Cc3c(c4ccccc4n3-c3ccc4c(c3)OCO4)C[C@@H]2C1=S. The zero-order valence-corrected chi connectivity index (χ0v) is 17.6. The topological polar surface area (TPSA) is 29.9 Å². The normalized spacial score (nSPS) is 20.2. The molecule has 29 heavy (non-hydrogen) atoms. The number of hydrogen-bond acceptors (Lipinski definition) is 4. The van der Waals surface area contributed by atoms with E-state index in [4.69, 9.17) is 33.9 Å². The summed E-state index contributed by atoms with van der Waals surface area (Å²) in [5.41, 5.74) is 4.91. The highest BCUT2D eigenvalue weighted by molar-refractivity contribution is 7.81. The lowest BCUT2D eigenvalue weighted by atomic mass is 9.94. The first kappa shape index (κ1) is 17.2. The lowest BCUT2D eigenvalue weighted by molar-refractivity contribution is 0.174. The summed E-state index contributed by atoms with van der Waals surface area (Å²) in [5.74, 6) is 1.59. The van der Waals surface area contributed by atoms with Crippen LogP contribution in [0.25, 0.3) is 16.6 Å². The predicted molar refractivity (Wildman–Crippen MR) is 120 cm³/mol. The average molecular weight is 422 g/mol. The van der Waals surface area contributed by atoms with E-state index in [9.17, 15) is 0 Å². The van der Waals surface area contributed by atoms with Crippen LogP contribution in [-0.2, 0) is 13.0 Å². The van der Waals surface area contributed by atoms with Gasteiger partial charge in [0.25, 0.3) is 0 Å². The minimum absolute atomic E-state index is 0.153. The van der Waals surface area contributed by atoms with Crippen molar-refractivity contribution in [2.75, 3.05) is 20.4 Å². The average Bonchev–Trinajstić information content (AvgIpc) is 3.32. The van der Waals surface area contributed by atoms with E-state index in [2.05, 4.69) is 50.8 Å². The quantitative estimate of drug-likeness (QED) is 0.557. The number of rotatable bonds is 1. The Bertz CT molecular complexity index is 1200. The van der Waals surface area contributed by atoms with Crippen LogP contribution in [0.15, 0.2) is 42.5 Å². The number of nitrogens with zero attached hydrogens (tertiary/aromatic N) is 3. The van der Waals surface area contributed by atoms with Gasteiger partial charge >= 0.3 is 0 Å². The molecule has 0 unspecified atom stereocenters. The van der Waals surface area contributed by atoms with E-state index >= 15 is 0 Å². The van der Waals surface area contributed by atoms with Gasteiger partial charge in [0.15, 0.2) is 11.5 Å². The Labute approximate surface area is 179 Å². The highest BCUT2D eigenvalue weighted by atomic mass is 32.1. The van der Waals surface area contributed by atoms with Crippen LogP contribution in [0.4, 0.5) is 0 Å². The number of fused-ring (bicyclic) bond motifs is 5. The molecule has 0 bridgehead atoms. The molecular weight excluding hydrogens is 402 g/mol. The van der Waals surface area contributed by atoms with Gasteiger partial charge in [0.05, 0.1) is 29.6 Å². The third kappa shape index (κ3) is 2.44. The van der Waals surface area contributed by atoms with Crippen molar-refractivity contribution in [3.63, 3.8) is 0 Å².